The SMILES string of the molecule is CCc1ccc(OCCNC(=O)[C@@H](CC)N(c2ccc(Cl)cc2)S(C)(=O)=O)cc1. The molecular formula is C21H27ClN2O4S. The zero-order chi connectivity index (χ0) is 21.4. The molecule has 0 saturated carbocycles. The average molecular weight is 439 g/mol. The van der Waals surface area contributed by atoms with Gasteiger partial charge in [-0.15, -0.1) is 0 Å². The van der Waals surface area contributed by atoms with Gasteiger partial charge < -0.3 is 10.1 Å². The third-order valence-corrected chi connectivity index (χ3v) is 5.84. The summed E-state index contributed by atoms with van der Waals surface area (Å²) in [6.07, 6.45) is 2.36. The molecule has 0 aromatic heterocycles. The smallest absolute Gasteiger partial charge is 0.244 e. The highest BCUT2D eigenvalue weighted by Gasteiger charge is 2.31. The Bertz CT molecular complexity index is 899. The van der Waals surface area contributed by atoms with Crippen LogP contribution in [0.3, 0.4) is 0 Å². The number of carbonyl (C=O) groups excluding carboxylic acids is 1. The minimum absolute atomic E-state index is 0.267. The standard InChI is InChI=1S/C21H27ClN2O4S/c1-4-16-6-12-19(13-7-16)28-15-14-23-21(25)20(5-2)24(29(3,26)27)18-10-8-17(22)9-11-18/h6-13,20H,4-5,14-15H2,1-3H3,(H,23,25)/t20-/m1/s1. The second-order valence-corrected chi connectivity index (χ2v) is 8.89. The summed E-state index contributed by atoms with van der Waals surface area (Å²) in [5.41, 5.74) is 1.62. The molecule has 0 saturated heterocycles. The number of hydrogen-bond donors (Lipinski definition) is 1. The number of anilines is 1. The molecule has 2 rings (SSSR count). The van der Waals surface area contributed by atoms with Gasteiger partial charge in [-0.2, -0.15) is 0 Å². The number of rotatable bonds is 10. The molecule has 0 aliphatic heterocycles. The molecule has 0 aliphatic carbocycles. The number of benzene rings is 2. The van der Waals surface area contributed by atoms with E-state index in [0.717, 1.165) is 22.7 Å². The van der Waals surface area contributed by atoms with Crippen molar-refractivity contribution in [1.82, 2.24) is 5.32 Å². The topological polar surface area (TPSA) is 75.7 Å². The summed E-state index contributed by atoms with van der Waals surface area (Å²) in [4.78, 5) is 12.7. The van der Waals surface area contributed by atoms with Gasteiger partial charge in [0.15, 0.2) is 0 Å². The summed E-state index contributed by atoms with van der Waals surface area (Å²) in [6.45, 7) is 4.40. The molecule has 29 heavy (non-hydrogen) atoms. The van der Waals surface area contributed by atoms with Crippen LogP contribution < -0.4 is 14.4 Å². The average Bonchev–Trinajstić information content (AvgIpc) is 2.69. The molecular weight excluding hydrogens is 412 g/mol. The van der Waals surface area contributed by atoms with Gasteiger partial charge in [-0.25, -0.2) is 8.42 Å². The van der Waals surface area contributed by atoms with Crippen molar-refractivity contribution in [3.8, 4) is 5.75 Å². The maximum atomic E-state index is 12.7. The Morgan fingerprint density at radius 3 is 2.24 bits per heavy atom. The molecule has 0 fully saturated rings. The molecule has 0 unspecified atom stereocenters. The third kappa shape index (κ3) is 6.65. The van der Waals surface area contributed by atoms with Crippen LogP contribution in [-0.4, -0.2) is 39.8 Å². The molecule has 1 N–H and O–H groups in total. The van der Waals surface area contributed by atoms with Gasteiger partial charge in [0.25, 0.3) is 0 Å². The molecule has 0 aliphatic rings. The molecule has 0 spiro atoms. The summed E-state index contributed by atoms with van der Waals surface area (Å²) >= 11 is 5.90. The molecule has 8 heteroatoms. The van der Waals surface area contributed by atoms with Crippen LogP contribution in [0.2, 0.25) is 5.02 Å². The first-order valence-electron chi connectivity index (χ1n) is 9.50. The Kier molecular flexibility index (Phi) is 8.34. The number of sulfonamides is 1. The Labute approximate surface area is 177 Å². The van der Waals surface area contributed by atoms with Gasteiger partial charge in [-0.1, -0.05) is 37.6 Å². The van der Waals surface area contributed by atoms with Gasteiger partial charge in [-0.3, -0.25) is 9.10 Å². The monoisotopic (exact) mass is 438 g/mol. The molecule has 2 aromatic rings. The first-order valence-corrected chi connectivity index (χ1v) is 11.7. The maximum absolute atomic E-state index is 12.7. The summed E-state index contributed by atoms with van der Waals surface area (Å²) in [6, 6.07) is 13.3. The van der Waals surface area contributed by atoms with Gasteiger partial charge in [-0.05, 0) is 54.8 Å². The van der Waals surface area contributed by atoms with Crippen molar-refractivity contribution in [1.29, 1.82) is 0 Å². The number of aryl methyl sites for hydroxylation is 1. The number of hydrogen-bond acceptors (Lipinski definition) is 4. The lowest BCUT2D eigenvalue weighted by atomic mass is 10.2. The van der Waals surface area contributed by atoms with Gasteiger partial charge >= 0.3 is 0 Å². The zero-order valence-electron chi connectivity index (χ0n) is 16.9. The molecule has 0 heterocycles. The third-order valence-electron chi connectivity index (χ3n) is 4.41. The summed E-state index contributed by atoms with van der Waals surface area (Å²) in [5, 5.41) is 3.25. The number of nitrogens with one attached hydrogen (secondary N) is 1. The molecule has 0 radical (unpaired) electrons. The fraction of sp³-hybridized carbons (Fsp3) is 0.381. The van der Waals surface area contributed by atoms with E-state index in [1.807, 2.05) is 24.3 Å². The Balaban J connectivity index is 2.00. The molecule has 158 valence electrons. The Morgan fingerprint density at radius 2 is 1.72 bits per heavy atom. The van der Waals surface area contributed by atoms with Gasteiger partial charge in [0, 0.05) is 5.02 Å². The Morgan fingerprint density at radius 1 is 1.10 bits per heavy atom. The lowest BCUT2D eigenvalue weighted by molar-refractivity contribution is -0.122. The summed E-state index contributed by atoms with van der Waals surface area (Å²) in [7, 11) is -3.67. The largest absolute Gasteiger partial charge is 0.492 e. The van der Waals surface area contributed by atoms with Crippen LogP contribution in [0.4, 0.5) is 5.69 Å². The van der Waals surface area contributed by atoms with Gasteiger partial charge in [0.2, 0.25) is 15.9 Å². The highest BCUT2D eigenvalue weighted by Crippen LogP contribution is 2.24. The molecule has 2 aromatic carbocycles. The van der Waals surface area contributed by atoms with E-state index in [0.29, 0.717) is 17.1 Å². The number of amides is 1. The number of nitrogens with zero attached hydrogens (tertiary/aromatic N) is 1. The maximum Gasteiger partial charge on any atom is 0.244 e. The quantitative estimate of drug-likeness (QED) is 0.574. The summed E-state index contributed by atoms with van der Waals surface area (Å²) < 4.78 is 31.5. The summed E-state index contributed by atoms with van der Waals surface area (Å²) in [5.74, 6) is 0.347. The fourth-order valence-corrected chi connectivity index (χ4v) is 4.27. The van der Waals surface area contributed by atoms with E-state index >= 15 is 0 Å². The molecule has 6 nitrogen and oxygen atoms in total. The van der Waals surface area contributed by atoms with Gasteiger partial charge in [0.05, 0.1) is 18.5 Å². The highest BCUT2D eigenvalue weighted by molar-refractivity contribution is 7.92. The van der Waals surface area contributed by atoms with Crippen LogP contribution in [0.25, 0.3) is 0 Å². The predicted molar refractivity (Wildman–Crippen MR) is 117 cm³/mol. The first-order chi connectivity index (χ1) is 13.8. The molecule has 1 amide bonds. The van der Waals surface area contributed by atoms with Crippen molar-refractivity contribution in [2.24, 2.45) is 0 Å². The minimum atomic E-state index is -3.67. The van der Waals surface area contributed by atoms with Crippen LogP contribution in [0.5, 0.6) is 5.75 Å². The van der Waals surface area contributed by atoms with E-state index in [2.05, 4.69) is 12.2 Å². The molecule has 0 bridgehead atoms. The highest BCUT2D eigenvalue weighted by atomic mass is 35.5. The van der Waals surface area contributed by atoms with Crippen molar-refractivity contribution < 1.29 is 17.9 Å². The minimum Gasteiger partial charge on any atom is -0.492 e. The van der Waals surface area contributed by atoms with Crippen molar-refractivity contribution in [2.75, 3.05) is 23.7 Å². The van der Waals surface area contributed by atoms with E-state index in [4.69, 9.17) is 16.3 Å². The van der Waals surface area contributed by atoms with Crippen molar-refractivity contribution in [3.05, 3.63) is 59.1 Å². The lowest BCUT2D eigenvalue weighted by Gasteiger charge is -2.30. The fourth-order valence-electron chi connectivity index (χ4n) is 2.93. The van der Waals surface area contributed by atoms with E-state index in [-0.39, 0.29) is 19.1 Å². The normalized spacial score (nSPS) is 12.3. The van der Waals surface area contributed by atoms with Crippen LogP contribution in [0.1, 0.15) is 25.8 Å². The van der Waals surface area contributed by atoms with Crippen LogP contribution in [0, 0.1) is 0 Å². The van der Waals surface area contributed by atoms with E-state index < -0.39 is 16.1 Å². The van der Waals surface area contributed by atoms with E-state index in [1.165, 1.54) is 5.56 Å². The lowest BCUT2D eigenvalue weighted by Crippen LogP contribution is -2.50. The molecule has 1 atom stereocenters. The van der Waals surface area contributed by atoms with Crippen LogP contribution in [-0.2, 0) is 21.2 Å². The van der Waals surface area contributed by atoms with Crippen LogP contribution in [0.15, 0.2) is 48.5 Å². The Hall–Kier alpha value is -2.25. The number of ether oxygens (including phenoxy) is 1. The zero-order valence-corrected chi connectivity index (χ0v) is 18.5. The predicted octanol–water partition coefficient (Wildman–Crippen LogP) is 3.64. The van der Waals surface area contributed by atoms with E-state index in [9.17, 15) is 13.2 Å². The first kappa shape index (κ1) is 23.0. The van der Waals surface area contributed by atoms with Crippen molar-refractivity contribution in [2.45, 2.75) is 32.7 Å². The second-order valence-electron chi connectivity index (χ2n) is 6.60. The van der Waals surface area contributed by atoms with Gasteiger partial charge in [0.1, 0.15) is 18.4 Å². The number of halogens is 1. The van der Waals surface area contributed by atoms with Crippen LogP contribution >= 0.6 is 11.6 Å². The van der Waals surface area contributed by atoms with Crippen molar-refractivity contribution >= 4 is 33.2 Å². The number of carbonyl (C=O) groups is 1. The van der Waals surface area contributed by atoms with Crippen molar-refractivity contribution in [3.63, 3.8) is 0 Å². The van der Waals surface area contributed by atoms with E-state index in [1.54, 1.807) is 31.2 Å². The second kappa shape index (κ2) is 10.5.